The van der Waals surface area contributed by atoms with Crippen molar-refractivity contribution in [3.05, 3.63) is 29.3 Å². The highest BCUT2D eigenvalue weighted by Gasteiger charge is 2.20. The van der Waals surface area contributed by atoms with Crippen LogP contribution in [0.1, 0.15) is 17.5 Å². The van der Waals surface area contributed by atoms with E-state index in [-0.39, 0.29) is 6.10 Å². The van der Waals surface area contributed by atoms with E-state index < -0.39 is 0 Å². The summed E-state index contributed by atoms with van der Waals surface area (Å²) in [7, 11) is 0. The maximum Gasteiger partial charge on any atom is 0.0731 e. The summed E-state index contributed by atoms with van der Waals surface area (Å²) in [5.41, 5.74) is 3.89. The highest BCUT2D eigenvalue weighted by Crippen LogP contribution is 2.22. The molecule has 2 rings (SSSR count). The van der Waals surface area contributed by atoms with Crippen LogP contribution in [0.3, 0.4) is 0 Å². The van der Waals surface area contributed by atoms with Gasteiger partial charge < -0.3 is 10.0 Å². The first-order valence-electron chi connectivity index (χ1n) is 5.17. The fourth-order valence-corrected chi connectivity index (χ4v) is 1.90. The average Bonchev–Trinajstić information content (AvgIpc) is 2.57. The normalized spacial score (nSPS) is 21.6. The summed E-state index contributed by atoms with van der Waals surface area (Å²) < 4.78 is 0. The van der Waals surface area contributed by atoms with Crippen LogP contribution in [-0.4, -0.2) is 24.3 Å². The van der Waals surface area contributed by atoms with Crippen molar-refractivity contribution in [3.8, 4) is 0 Å². The van der Waals surface area contributed by atoms with Crippen molar-refractivity contribution in [3.63, 3.8) is 0 Å². The highest BCUT2D eigenvalue weighted by molar-refractivity contribution is 5.51. The zero-order valence-corrected chi connectivity index (χ0v) is 8.83. The molecular weight excluding hydrogens is 174 g/mol. The number of hydrogen-bond donors (Lipinski definition) is 1. The molecule has 0 bridgehead atoms. The van der Waals surface area contributed by atoms with Gasteiger partial charge in [0.25, 0.3) is 0 Å². The predicted molar refractivity (Wildman–Crippen MR) is 58.8 cm³/mol. The SMILES string of the molecule is Cc1ccc(N2CCC(O)C2)cc1C. The molecule has 2 heteroatoms. The van der Waals surface area contributed by atoms with Gasteiger partial charge in [0.1, 0.15) is 0 Å². The van der Waals surface area contributed by atoms with E-state index in [4.69, 9.17) is 0 Å². The molecular formula is C12H17NO. The minimum atomic E-state index is -0.142. The first kappa shape index (κ1) is 9.53. The van der Waals surface area contributed by atoms with Crippen LogP contribution in [-0.2, 0) is 0 Å². The quantitative estimate of drug-likeness (QED) is 0.732. The summed E-state index contributed by atoms with van der Waals surface area (Å²) in [6.45, 7) is 6.01. The second-order valence-corrected chi connectivity index (χ2v) is 4.16. The van der Waals surface area contributed by atoms with Gasteiger partial charge in [-0.3, -0.25) is 0 Å². The molecule has 1 heterocycles. The smallest absolute Gasteiger partial charge is 0.0731 e. The summed E-state index contributed by atoms with van der Waals surface area (Å²) in [5.74, 6) is 0. The summed E-state index contributed by atoms with van der Waals surface area (Å²) in [5, 5.41) is 9.44. The molecule has 1 unspecified atom stereocenters. The molecule has 1 saturated heterocycles. The van der Waals surface area contributed by atoms with Crippen molar-refractivity contribution >= 4 is 5.69 Å². The molecule has 0 spiro atoms. The molecule has 0 saturated carbocycles. The average molecular weight is 191 g/mol. The molecule has 1 atom stereocenters. The molecule has 14 heavy (non-hydrogen) atoms. The van der Waals surface area contributed by atoms with Crippen molar-refractivity contribution < 1.29 is 5.11 Å². The highest BCUT2D eigenvalue weighted by atomic mass is 16.3. The Labute approximate surface area is 85.2 Å². The lowest BCUT2D eigenvalue weighted by Crippen LogP contribution is -2.21. The molecule has 1 aromatic carbocycles. The minimum absolute atomic E-state index is 0.142. The third-order valence-corrected chi connectivity index (χ3v) is 3.02. The van der Waals surface area contributed by atoms with E-state index >= 15 is 0 Å². The van der Waals surface area contributed by atoms with Gasteiger partial charge in [-0.15, -0.1) is 0 Å². The second kappa shape index (κ2) is 3.62. The van der Waals surface area contributed by atoms with Gasteiger partial charge in [-0.05, 0) is 43.5 Å². The van der Waals surface area contributed by atoms with E-state index in [1.54, 1.807) is 0 Å². The predicted octanol–water partition coefficient (Wildman–Crippen LogP) is 1.87. The zero-order valence-electron chi connectivity index (χ0n) is 8.83. The maximum atomic E-state index is 9.44. The van der Waals surface area contributed by atoms with Crippen LogP contribution in [0, 0.1) is 13.8 Å². The van der Waals surface area contributed by atoms with Crippen LogP contribution in [0.25, 0.3) is 0 Å². The molecule has 0 radical (unpaired) electrons. The van der Waals surface area contributed by atoms with Gasteiger partial charge in [0.05, 0.1) is 6.10 Å². The number of β-amino-alcohol motifs (C(OH)–C–C–N with tert-alkyl or cyclic N) is 1. The number of nitrogens with zero attached hydrogens (tertiary/aromatic N) is 1. The fourth-order valence-electron chi connectivity index (χ4n) is 1.90. The Balaban J connectivity index is 2.20. The molecule has 1 aromatic rings. The first-order valence-corrected chi connectivity index (χ1v) is 5.17. The molecule has 1 aliphatic rings. The van der Waals surface area contributed by atoms with Crippen LogP contribution in [0.15, 0.2) is 18.2 Å². The Hall–Kier alpha value is -1.02. The number of aliphatic hydroxyl groups is 1. The molecule has 1 fully saturated rings. The van der Waals surface area contributed by atoms with E-state index in [1.165, 1.54) is 16.8 Å². The Morgan fingerprint density at radius 1 is 1.29 bits per heavy atom. The van der Waals surface area contributed by atoms with Crippen LogP contribution < -0.4 is 4.90 Å². The van der Waals surface area contributed by atoms with E-state index in [2.05, 4.69) is 36.9 Å². The molecule has 1 aliphatic heterocycles. The Morgan fingerprint density at radius 2 is 2.07 bits per heavy atom. The molecule has 76 valence electrons. The Kier molecular flexibility index (Phi) is 2.46. The third-order valence-electron chi connectivity index (χ3n) is 3.02. The standard InChI is InChI=1S/C12H17NO/c1-9-3-4-11(7-10(9)2)13-6-5-12(14)8-13/h3-4,7,12,14H,5-6,8H2,1-2H3. The lowest BCUT2D eigenvalue weighted by Gasteiger charge is -2.18. The third kappa shape index (κ3) is 1.75. The van der Waals surface area contributed by atoms with Crippen LogP contribution in [0.5, 0.6) is 0 Å². The number of rotatable bonds is 1. The van der Waals surface area contributed by atoms with Gasteiger partial charge in [-0.2, -0.15) is 0 Å². The monoisotopic (exact) mass is 191 g/mol. The second-order valence-electron chi connectivity index (χ2n) is 4.16. The van der Waals surface area contributed by atoms with E-state index in [0.29, 0.717) is 0 Å². The van der Waals surface area contributed by atoms with E-state index in [9.17, 15) is 5.11 Å². The van der Waals surface area contributed by atoms with Crippen LogP contribution in [0.4, 0.5) is 5.69 Å². The molecule has 0 aromatic heterocycles. The van der Waals surface area contributed by atoms with Crippen molar-refractivity contribution in [1.29, 1.82) is 0 Å². The van der Waals surface area contributed by atoms with Crippen molar-refractivity contribution in [1.82, 2.24) is 0 Å². The maximum absolute atomic E-state index is 9.44. The van der Waals surface area contributed by atoms with Crippen molar-refractivity contribution in [2.24, 2.45) is 0 Å². The molecule has 0 aliphatic carbocycles. The number of aliphatic hydroxyl groups excluding tert-OH is 1. The Morgan fingerprint density at radius 3 is 2.64 bits per heavy atom. The summed E-state index contributed by atoms with van der Waals surface area (Å²) in [4.78, 5) is 2.25. The largest absolute Gasteiger partial charge is 0.391 e. The lowest BCUT2D eigenvalue weighted by molar-refractivity contribution is 0.198. The fraction of sp³-hybridized carbons (Fsp3) is 0.500. The number of aryl methyl sites for hydroxylation is 2. The minimum Gasteiger partial charge on any atom is -0.391 e. The number of hydrogen-bond acceptors (Lipinski definition) is 2. The van der Waals surface area contributed by atoms with Gasteiger partial charge in [0.2, 0.25) is 0 Å². The Bertz CT molecular complexity index is 335. The zero-order chi connectivity index (χ0) is 10.1. The van der Waals surface area contributed by atoms with Gasteiger partial charge in [-0.25, -0.2) is 0 Å². The van der Waals surface area contributed by atoms with E-state index in [1.807, 2.05) is 0 Å². The number of benzene rings is 1. The summed E-state index contributed by atoms with van der Waals surface area (Å²) >= 11 is 0. The van der Waals surface area contributed by atoms with Crippen molar-refractivity contribution in [2.45, 2.75) is 26.4 Å². The van der Waals surface area contributed by atoms with Gasteiger partial charge >= 0.3 is 0 Å². The van der Waals surface area contributed by atoms with Gasteiger partial charge in [0, 0.05) is 18.8 Å². The summed E-state index contributed by atoms with van der Waals surface area (Å²) in [6, 6.07) is 6.49. The topological polar surface area (TPSA) is 23.5 Å². The molecule has 1 N–H and O–H groups in total. The number of anilines is 1. The van der Waals surface area contributed by atoms with Crippen LogP contribution >= 0.6 is 0 Å². The van der Waals surface area contributed by atoms with Crippen molar-refractivity contribution in [2.75, 3.05) is 18.0 Å². The van der Waals surface area contributed by atoms with Gasteiger partial charge in [0.15, 0.2) is 0 Å². The van der Waals surface area contributed by atoms with Crippen LogP contribution in [0.2, 0.25) is 0 Å². The lowest BCUT2D eigenvalue weighted by atomic mass is 10.1. The first-order chi connectivity index (χ1) is 6.66. The molecule has 2 nitrogen and oxygen atoms in total. The van der Waals surface area contributed by atoms with E-state index in [0.717, 1.165) is 19.5 Å². The van der Waals surface area contributed by atoms with Gasteiger partial charge in [-0.1, -0.05) is 6.07 Å². The summed E-state index contributed by atoms with van der Waals surface area (Å²) in [6.07, 6.45) is 0.754. The molecule has 0 amide bonds.